The quantitative estimate of drug-likeness (QED) is 0.403. The lowest BCUT2D eigenvalue weighted by Gasteiger charge is -2.29. The van der Waals surface area contributed by atoms with E-state index >= 15 is 0 Å². The molecule has 2 unspecified atom stereocenters. The Morgan fingerprint density at radius 3 is 2.43 bits per heavy atom. The van der Waals surface area contributed by atoms with Crippen LogP contribution in [-0.2, 0) is 14.3 Å². The average molecular weight is 496 g/mol. The van der Waals surface area contributed by atoms with Crippen LogP contribution < -0.4 is 10.6 Å². The third kappa shape index (κ3) is 7.36. The maximum atomic E-state index is 13.6. The monoisotopic (exact) mass is 495 g/mol. The Kier molecular flexibility index (Phi) is 9.10. The van der Waals surface area contributed by atoms with Crippen LogP contribution in [0.3, 0.4) is 0 Å². The first-order valence-electron chi connectivity index (χ1n) is 10.9. The summed E-state index contributed by atoms with van der Waals surface area (Å²) in [7, 11) is 0. The van der Waals surface area contributed by atoms with E-state index in [-0.39, 0.29) is 0 Å². The van der Waals surface area contributed by atoms with Crippen LogP contribution in [0.4, 0.5) is 10.5 Å². The Morgan fingerprint density at radius 1 is 1.20 bits per heavy atom. The highest BCUT2D eigenvalue weighted by atomic mass is 35.5. The summed E-state index contributed by atoms with van der Waals surface area (Å²) in [6.45, 7) is 12.1. The molecule has 2 rings (SSSR count). The summed E-state index contributed by atoms with van der Waals surface area (Å²) in [5.74, 6) is -1.24. The van der Waals surface area contributed by atoms with Crippen molar-refractivity contribution in [2.24, 2.45) is 0 Å². The third-order valence-corrected chi connectivity index (χ3v) is 5.23. The molecule has 0 aliphatic rings. The van der Waals surface area contributed by atoms with Crippen molar-refractivity contribution < 1.29 is 19.1 Å². The number of amides is 3. The molecule has 0 saturated carbocycles. The fourth-order valence-corrected chi connectivity index (χ4v) is 3.54. The highest BCUT2D eigenvalue weighted by Gasteiger charge is 2.34. The maximum Gasteiger partial charge on any atom is 0.408 e. The second-order valence-corrected chi connectivity index (χ2v) is 9.31. The highest BCUT2D eigenvalue weighted by molar-refractivity contribution is 6.34. The van der Waals surface area contributed by atoms with E-state index in [0.717, 1.165) is 16.0 Å². The van der Waals surface area contributed by atoms with E-state index in [4.69, 9.17) is 22.8 Å². The predicted molar refractivity (Wildman–Crippen MR) is 139 cm³/mol. The second-order valence-electron chi connectivity index (χ2n) is 8.90. The number of nitrogens with zero attached hydrogens (tertiary/aromatic N) is 1. The van der Waals surface area contributed by atoms with E-state index < -0.39 is 35.6 Å². The smallest absolute Gasteiger partial charge is 0.408 e. The molecule has 184 valence electrons. The van der Waals surface area contributed by atoms with Gasteiger partial charge in [0.2, 0.25) is 0 Å². The molecular formula is C27H30ClN3O4. The lowest BCUT2D eigenvalue weighted by atomic mass is 10.0. The third-order valence-electron chi connectivity index (χ3n) is 4.92. The summed E-state index contributed by atoms with van der Waals surface area (Å²) >= 11 is 6.30. The van der Waals surface area contributed by atoms with Crippen LogP contribution >= 0.6 is 11.6 Å². The number of ether oxygens (including phenoxy) is 1. The molecule has 3 amide bonds. The lowest BCUT2D eigenvalue weighted by Crippen LogP contribution is -2.49. The van der Waals surface area contributed by atoms with Crippen LogP contribution in [0.25, 0.3) is 6.08 Å². The minimum absolute atomic E-state index is 0.343. The van der Waals surface area contributed by atoms with E-state index in [2.05, 4.69) is 23.3 Å². The molecule has 0 bridgehead atoms. The van der Waals surface area contributed by atoms with E-state index in [1.54, 1.807) is 76.2 Å². The summed E-state index contributed by atoms with van der Waals surface area (Å²) in [4.78, 5) is 40.0. The molecule has 2 aromatic carbocycles. The van der Waals surface area contributed by atoms with Crippen LogP contribution in [0.1, 0.15) is 50.4 Å². The topological polar surface area (TPSA) is 87.7 Å². The van der Waals surface area contributed by atoms with Gasteiger partial charge in [0.05, 0.1) is 10.7 Å². The van der Waals surface area contributed by atoms with Crippen molar-refractivity contribution in [2.75, 3.05) is 5.32 Å². The molecule has 7 nitrogen and oxygen atoms in total. The van der Waals surface area contributed by atoms with Gasteiger partial charge in [-0.25, -0.2) is 4.79 Å². The molecule has 0 fully saturated rings. The summed E-state index contributed by atoms with van der Waals surface area (Å²) in [6.07, 6.45) is 6.56. The van der Waals surface area contributed by atoms with Crippen molar-refractivity contribution in [3.8, 4) is 12.5 Å². The van der Waals surface area contributed by atoms with Gasteiger partial charge in [-0.1, -0.05) is 61.0 Å². The zero-order valence-electron chi connectivity index (χ0n) is 20.5. The maximum absolute atomic E-state index is 13.6. The molecule has 0 radical (unpaired) electrons. The molecule has 0 heterocycles. The predicted octanol–water partition coefficient (Wildman–Crippen LogP) is 5.30. The molecule has 2 atom stereocenters. The SMILES string of the molecule is C#CN(C(=O)C(C)NC(=O)OC(C)(C)C)C(C(=O)Nc1c(C)cccc1Cl)c1cccc(C=C)c1. The minimum atomic E-state index is -1.22. The number of para-hydroxylation sites is 1. The van der Waals surface area contributed by atoms with Gasteiger partial charge in [-0.15, -0.1) is 0 Å². The molecule has 0 spiro atoms. The summed E-state index contributed by atoms with van der Waals surface area (Å²) < 4.78 is 5.22. The summed E-state index contributed by atoms with van der Waals surface area (Å²) in [6, 6.07) is 12.2. The van der Waals surface area contributed by atoms with E-state index in [1.807, 2.05) is 0 Å². The van der Waals surface area contributed by atoms with Gasteiger partial charge >= 0.3 is 6.09 Å². The van der Waals surface area contributed by atoms with Crippen molar-refractivity contribution in [1.29, 1.82) is 0 Å². The first-order valence-corrected chi connectivity index (χ1v) is 11.3. The fourth-order valence-electron chi connectivity index (χ4n) is 3.28. The van der Waals surface area contributed by atoms with Gasteiger partial charge in [0.15, 0.2) is 0 Å². The molecule has 2 aromatic rings. The normalized spacial score (nSPS) is 12.5. The number of terminal acetylenes is 1. The number of rotatable bonds is 7. The lowest BCUT2D eigenvalue weighted by molar-refractivity contribution is -0.136. The number of hydrogen-bond donors (Lipinski definition) is 2. The number of halogens is 1. The summed E-state index contributed by atoms with van der Waals surface area (Å²) in [5.41, 5.74) is 1.59. The first kappa shape index (κ1) is 27.5. The van der Waals surface area contributed by atoms with Crippen LogP contribution in [0.15, 0.2) is 49.0 Å². The van der Waals surface area contributed by atoms with Crippen LogP contribution in [0, 0.1) is 19.4 Å². The molecule has 0 saturated heterocycles. The fraction of sp³-hybridized carbons (Fsp3) is 0.296. The highest BCUT2D eigenvalue weighted by Crippen LogP contribution is 2.29. The van der Waals surface area contributed by atoms with Crippen LogP contribution in [-0.4, -0.2) is 34.5 Å². The standard InChI is InChI=1S/C27H30ClN3O4/c1-8-19-13-11-14-20(16-19)23(24(32)30-22-17(3)12-10-15-21(22)28)31(9-2)25(33)18(4)29-26(34)35-27(5,6)7/h2,8,10-16,18,23H,1H2,3-7H3,(H,29,34)(H,30,32). The first-order chi connectivity index (χ1) is 16.4. The largest absolute Gasteiger partial charge is 0.444 e. The Hall–Kier alpha value is -3.76. The Bertz CT molecular complexity index is 1140. The Balaban J connectivity index is 2.44. The molecule has 0 aromatic heterocycles. The van der Waals surface area contributed by atoms with Crippen molar-refractivity contribution in [3.63, 3.8) is 0 Å². The zero-order chi connectivity index (χ0) is 26.3. The van der Waals surface area contributed by atoms with Gasteiger partial charge < -0.3 is 15.4 Å². The van der Waals surface area contributed by atoms with Gasteiger partial charge in [-0.05, 0) is 63.4 Å². The number of nitrogens with one attached hydrogen (secondary N) is 2. The molecule has 2 N–H and O–H groups in total. The molecule has 0 aliphatic heterocycles. The van der Waals surface area contributed by atoms with Crippen LogP contribution in [0.2, 0.25) is 5.02 Å². The summed E-state index contributed by atoms with van der Waals surface area (Å²) in [5, 5.41) is 5.61. The Morgan fingerprint density at radius 2 is 1.86 bits per heavy atom. The van der Waals surface area contributed by atoms with E-state index in [9.17, 15) is 14.4 Å². The zero-order valence-corrected chi connectivity index (χ0v) is 21.3. The minimum Gasteiger partial charge on any atom is -0.444 e. The van der Waals surface area contributed by atoms with Gasteiger partial charge in [0.25, 0.3) is 11.8 Å². The van der Waals surface area contributed by atoms with Gasteiger partial charge in [0, 0.05) is 6.04 Å². The Labute approximate surface area is 211 Å². The number of carbonyl (C=O) groups is 3. The van der Waals surface area contributed by atoms with Crippen molar-refractivity contribution in [3.05, 3.63) is 70.8 Å². The van der Waals surface area contributed by atoms with Gasteiger partial charge in [-0.2, -0.15) is 0 Å². The van der Waals surface area contributed by atoms with Crippen molar-refractivity contribution >= 4 is 41.3 Å². The average Bonchev–Trinajstić information content (AvgIpc) is 2.77. The number of alkyl carbamates (subject to hydrolysis) is 1. The van der Waals surface area contributed by atoms with E-state index in [1.165, 1.54) is 6.92 Å². The second kappa shape index (κ2) is 11.6. The number of carbonyl (C=O) groups excluding carboxylic acids is 3. The van der Waals surface area contributed by atoms with Crippen molar-refractivity contribution in [1.82, 2.24) is 10.2 Å². The number of hydrogen-bond acceptors (Lipinski definition) is 4. The van der Waals surface area contributed by atoms with E-state index in [0.29, 0.717) is 16.3 Å². The van der Waals surface area contributed by atoms with Crippen LogP contribution in [0.5, 0.6) is 0 Å². The van der Waals surface area contributed by atoms with Crippen molar-refractivity contribution in [2.45, 2.75) is 52.3 Å². The number of anilines is 1. The molecule has 35 heavy (non-hydrogen) atoms. The number of aryl methyl sites for hydroxylation is 1. The van der Waals surface area contributed by atoms with Gasteiger partial charge in [-0.3, -0.25) is 14.5 Å². The molecule has 8 heteroatoms. The molecule has 0 aliphatic carbocycles. The molecular weight excluding hydrogens is 466 g/mol. The van der Waals surface area contributed by atoms with Gasteiger partial charge in [0.1, 0.15) is 17.7 Å². The number of benzene rings is 2.